The number of aliphatic imine (C=N–C) groups is 1. The number of hydrogen-bond donors (Lipinski definition) is 4. The molecule has 0 spiro atoms. The van der Waals surface area contributed by atoms with Gasteiger partial charge in [0.2, 0.25) is 5.91 Å². The van der Waals surface area contributed by atoms with Crippen LogP contribution < -0.4 is 21.7 Å². The van der Waals surface area contributed by atoms with Crippen LogP contribution in [0.4, 0.5) is 14.9 Å². The zero-order chi connectivity index (χ0) is 15.1. The summed E-state index contributed by atoms with van der Waals surface area (Å²) < 4.78 is 12.9. The smallest absolute Gasteiger partial charge is 0.321 e. The van der Waals surface area contributed by atoms with E-state index in [0.29, 0.717) is 11.3 Å². The molecular formula is C12H16FN5O2. The van der Waals surface area contributed by atoms with E-state index in [0.717, 1.165) is 0 Å². The molecule has 0 aliphatic rings. The summed E-state index contributed by atoms with van der Waals surface area (Å²) in [7, 11) is 1.42. The quantitative estimate of drug-likeness (QED) is 0.473. The first-order chi connectivity index (χ1) is 9.42. The average Bonchev–Trinajstić information content (AvgIpc) is 2.39. The SMILES string of the molecule is CNC(=O)NC(N)=NCC(=O)Nc1ccc(F)cc1C. The standard InChI is InChI=1S/C12H16FN5O2/c1-7-5-8(13)3-4-9(7)17-10(19)6-16-11(14)18-12(20)15-2/h3-5H,6H2,1-2H3,(H,17,19)(H4,14,15,16,18,20). The molecule has 20 heavy (non-hydrogen) atoms. The Morgan fingerprint density at radius 3 is 2.70 bits per heavy atom. The second kappa shape index (κ2) is 7.07. The van der Waals surface area contributed by atoms with Gasteiger partial charge >= 0.3 is 6.03 Å². The Kier molecular flexibility index (Phi) is 5.45. The van der Waals surface area contributed by atoms with Crippen LogP contribution in [0.2, 0.25) is 0 Å². The third kappa shape index (κ3) is 4.92. The van der Waals surface area contributed by atoms with Crippen molar-refractivity contribution < 1.29 is 14.0 Å². The third-order valence-corrected chi connectivity index (χ3v) is 2.32. The molecule has 0 aliphatic carbocycles. The molecule has 0 saturated carbocycles. The first-order valence-corrected chi connectivity index (χ1v) is 5.77. The van der Waals surface area contributed by atoms with Gasteiger partial charge < -0.3 is 16.4 Å². The molecule has 0 aromatic heterocycles. The van der Waals surface area contributed by atoms with Crippen LogP contribution in [0.3, 0.4) is 0 Å². The molecule has 3 amide bonds. The lowest BCUT2D eigenvalue weighted by Gasteiger charge is -2.07. The van der Waals surface area contributed by atoms with Gasteiger partial charge in [-0.15, -0.1) is 0 Å². The first-order valence-electron chi connectivity index (χ1n) is 5.77. The number of carbonyl (C=O) groups is 2. The van der Waals surface area contributed by atoms with Crippen molar-refractivity contribution in [3.63, 3.8) is 0 Å². The summed E-state index contributed by atoms with van der Waals surface area (Å²) in [5, 5.41) is 7.07. The molecule has 0 atom stereocenters. The maximum absolute atomic E-state index is 12.9. The molecule has 1 aromatic rings. The van der Waals surface area contributed by atoms with Gasteiger partial charge in [0, 0.05) is 12.7 Å². The van der Waals surface area contributed by atoms with Gasteiger partial charge in [-0.2, -0.15) is 0 Å². The summed E-state index contributed by atoms with van der Waals surface area (Å²) in [5.41, 5.74) is 6.48. The summed E-state index contributed by atoms with van der Waals surface area (Å²) in [6.45, 7) is 1.41. The molecule has 0 unspecified atom stereocenters. The lowest BCUT2D eigenvalue weighted by Crippen LogP contribution is -2.42. The second-order valence-electron chi connectivity index (χ2n) is 3.91. The van der Waals surface area contributed by atoms with Gasteiger partial charge in [-0.25, -0.2) is 14.2 Å². The third-order valence-electron chi connectivity index (χ3n) is 2.32. The van der Waals surface area contributed by atoms with Crippen molar-refractivity contribution in [1.29, 1.82) is 0 Å². The van der Waals surface area contributed by atoms with E-state index in [2.05, 4.69) is 20.9 Å². The largest absolute Gasteiger partial charge is 0.370 e. The molecule has 1 aromatic carbocycles. The zero-order valence-corrected chi connectivity index (χ0v) is 11.2. The minimum Gasteiger partial charge on any atom is -0.370 e. The van der Waals surface area contributed by atoms with Gasteiger partial charge in [-0.3, -0.25) is 10.1 Å². The monoisotopic (exact) mass is 281 g/mol. The summed E-state index contributed by atoms with van der Waals surface area (Å²) in [6, 6.07) is 3.48. The fourth-order valence-corrected chi connectivity index (χ4v) is 1.33. The molecule has 0 saturated heterocycles. The van der Waals surface area contributed by atoms with Crippen molar-refractivity contribution in [3.05, 3.63) is 29.6 Å². The number of urea groups is 1. The highest BCUT2D eigenvalue weighted by Crippen LogP contribution is 2.15. The minimum absolute atomic E-state index is 0.171. The van der Waals surface area contributed by atoms with Gasteiger partial charge in [-0.05, 0) is 30.7 Å². The fraction of sp³-hybridized carbons (Fsp3) is 0.250. The number of benzene rings is 1. The fourth-order valence-electron chi connectivity index (χ4n) is 1.33. The van der Waals surface area contributed by atoms with Crippen molar-refractivity contribution in [2.24, 2.45) is 10.7 Å². The number of halogens is 1. The number of nitrogens with one attached hydrogen (secondary N) is 3. The Bertz CT molecular complexity index is 545. The average molecular weight is 281 g/mol. The molecular weight excluding hydrogens is 265 g/mol. The molecule has 0 bridgehead atoms. The van der Waals surface area contributed by atoms with E-state index in [-0.39, 0.29) is 18.3 Å². The van der Waals surface area contributed by atoms with E-state index in [1.807, 2.05) is 0 Å². The van der Waals surface area contributed by atoms with E-state index in [9.17, 15) is 14.0 Å². The van der Waals surface area contributed by atoms with Crippen molar-refractivity contribution in [1.82, 2.24) is 10.6 Å². The van der Waals surface area contributed by atoms with Crippen LogP contribution >= 0.6 is 0 Å². The van der Waals surface area contributed by atoms with Crippen LogP contribution in [0.25, 0.3) is 0 Å². The highest BCUT2D eigenvalue weighted by Gasteiger charge is 2.06. The van der Waals surface area contributed by atoms with Crippen molar-refractivity contribution >= 4 is 23.6 Å². The molecule has 1 rings (SSSR count). The van der Waals surface area contributed by atoms with E-state index in [4.69, 9.17) is 5.73 Å². The molecule has 0 fully saturated rings. The minimum atomic E-state index is -0.527. The molecule has 0 radical (unpaired) electrons. The number of rotatable bonds is 3. The van der Waals surface area contributed by atoms with Gasteiger partial charge in [0.15, 0.2) is 5.96 Å². The number of guanidine groups is 1. The predicted molar refractivity (Wildman–Crippen MR) is 73.8 cm³/mol. The van der Waals surface area contributed by atoms with Gasteiger partial charge in [0.1, 0.15) is 12.4 Å². The van der Waals surface area contributed by atoms with E-state index in [1.165, 1.54) is 25.2 Å². The van der Waals surface area contributed by atoms with Crippen LogP contribution in [-0.2, 0) is 4.79 Å². The van der Waals surface area contributed by atoms with Crippen LogP contribution in [0, 0.1) is 12.7 Å². The molecule has 108 valence electrons. The van der Waals surface area contributed by atoms with Crippen molar-refractivity contribution in [3.8, 4) is 0 Å². The normalized spacial score (nSPS) is 10.8. The number of anilines is 1. The maximum atomic E-state index is 12.9. The lowest BCUT2D eigenvalue weighted by atomic mass is 10.2. The predicted octanol–water partition coefficient (Wildman–Crippen LogP) is 0.316. The number of carbonyl (C=O) groups excluding carboxylic acids is 2. The van der Waals surface area contributed by atoms with E-state index in [1.54, 1.807) is 6.92 Å². The summed E-state index contributed by atoms with van der Waals surface area (Å²) in [5.74, 6) is -0.978. The summed E-state index contributed by atoms with van der Waals surface area (Å²) in [6.07, 6.45) is 0. The first kappa shape index (κ1) is 15.4. The topological polar surface area (TPSA) is 109 Å². The lowest BCUT2D eigenvalue weighted by molar-refractivity contribution is -0.114. The summed E-state index contributed by atoms with van der Waals surface area (Å²) in [4.78, 5) is 26.2. The van der Waals surface area contributed by atoms with E-state index >= 15 is 0 Å². The van der Waals surface area contributed by atoms with Crippen LogP contribution in [0.1, 0.15) is 5.56 Å². The molecule has 5 N–H and O–H groups in total. The molecule has 0 heterocycles. The maximum Gasteiger partial charge on any atom is 0.321 e. The second-order valence-corrected chi connectivity index (χ2v) is 3.91. The number of nitrogens with two attached hydrogens (primary N) is 1. The highest BCUT2D eigenvalue weighted by molar-refractivity contribution is 5.98. The Morgan fingerprint density at radius 2 is 2.10 bits per heavy atom. The van der Waals surface area contributed by atoms with Crippen LogP contribution in [0.15, 0.2) is 23.2 Å². The Hall–Kier alpha value is -2.64. The number of hydrogen-bond acceptors (Lipinski definition) is 3. The molecule has 0 aliphatic heterocycles. The van der Waals surface area contributed by atoms with Gasteiger partial charge in [-0.1, -0.05) is 0 Å². The number of nitrogens with zero attached hydrogens (tertiary/aromatic N) is 1. The Morgan fingerprint density at radius 1 is 1.40 bits per heavy atom. The van der Waals surface area contributed by atoms with Crippen LogP contribution in [0.5, 0.6) is 0 Å². The Balaban J connectivity index is 2.55. The van der Waals surface area contributed by atoms with Crippen LogP contribution in [-0.4, -0.2) is 31.5 Å². The number of amides is 3. The number of aryl methyl sites for hydroxylation is 1. The Labute approximate surface area is 115 Å². The van der Waals surface area contributed by atoms with Gasteiger partial charge in [0.25, 0.3) is 0 Å². The molecule has 7 nitrogen and oxygen atoms in total. The van der Waals surface area contributed by atoms with E-state index < -0.39 is 11.9 Å². The highest BCUT2D eigenvalue weighted by atomic mass is 19.1. The van der Waals surface area contributed by atoms with Crippen molar-refractivity contribution in [2.45, 2.75) is 6.92 Å². The van der Waals surface area contributed by atoms with Crippen molar-refractivity contribution in [2.75, 3.05) is 18.9 Å². The molecule has 8 heteroatoms. The summed E-state index contributed by atoms with van der Waals surface area (Å²) >= 11 is 0. The zero-order valence-electron chi connectivity index (χ0n) is 11.2. The van der Waals surface area contributed by atoms with Gasteiger partial charge in [0.05, 0.1) is 0 Å².